The van der Waals surface area contributed by atoms with Crippen molar-refractivity contribution in [3.05, 3.63) is 60.8 Å². The van der Waals surface area contributed by atoms with Crippen molar-refractivity contribution in [3.8, 4) is 22.7 Å². The van der Waals surface area contributed by atoms with Crippen molar-refractivity contribution in [3.63, 3.8) is 0 Å². The molecular formula is C25H27N3O4S2. The topological polar surface area (TPSA) is 81.5 Å². The average Bonchev–Trinajstić information content (AvgIpc) is 3.48. The van der Waals surface area contributed by atoms with E-state index in [9.17, 15) is 13.2 Å². The lowest BCUT2D eigenvalue weighted by Crippen LogP contribution is -2.43. The van der Waals surface area contributed by atoms with Crippen molar-refractivity contribution < 1.29 is 17.9 Å². The number of carbonyl (C=O) groups is 1. The molecule has 7 nitrogen and oxygen atoms in total. The molecule has 0 N–H and O–H groups in total. The van der Waals surface area contributed by atoms with Gasteiger partial charge in [0.1, 0.15) is 5.75 Å². The molecule has 0 bridgehead atoms. The van der Waals surface area contributed by atoms with Crippen LogP contribution >= 0.6 is 11.8 Å². The van der Waals surface area contributed by atoms with E-state index < -0.39 is 9.84 Å². The largest absolute Gasteiger partial charge is 0.495 e. The number of benzene rings is 2. The Morgan fingerprint density at radius 1 is 1.09 bits per heavy atom. The number of thioether (sulfide) groups is 1. The first-order valence-electron chi connectivity index (χ1n) is 11.4. The highest BCUT2D eigenvalue weighted by Gasteiger charge is 2.42. The summed E-state index contributed by atoms with van der Waals surface area (Å²) in [4.78, 5) is 19.8. The number of rotatable bonds is 8. The molecule has 1 amide bonds. The van der Waals surface area contributed by atoms with Crippen molar-refractivity contribution >= 4 is 27.5 Å². The van der Waals surface area contributed by atoms with Gasteiger partial charge in [-0.25, -0.2) is 13.4 Å². The van der Waals surface area contributed by atoms with Gasteiger partial charge in [-0.1, -0.05) is 54.2 Å². The van der Waals surface area contributed by atoms with E-state index in [4.69, 9.17) is 4.74 Å². The minimum atomic E-state index is -3.06. The lowest BCUT2D eigenvalue weighted by Gasteiger charge is -2.28. The fourth-order valence-corrected chi connectivity index (χ4v) is 7.12. The summed E-state index contributed by atoms with van der Waals surface area (Å²) >= 11 is 1.37. The molecule has 0 spiro atoms. The quantitative estimate of drug-likeness (QED) is 0.440. The molecule has 1 aromatic heterocycles. The molecule has 2 aliphatic rings. The Kier molecular flexibility index (Phi) is 6.40. The standard InChI is InChI=1S/C25H27N3O4S2/c1-32-23-10-6-5-9-21(23)28-22(18-7-3-2-4-8-18)15-26-25(28)33-16-24(29)27(19-11-12-19)20-13-14-34(30,31)17-20/h2-10,15,19-20H,11-14,16-17H2,1H3/t20-/m1/s1. The molecule has 2 aromatic carbocycles. The summed E-state index contributed by atoms with van der Waals surface area (Å²) < 4.78 is 31.7. The molecule has 3 aromatic rings. The van der Waals surface area contributed by atoms with Crippen LogP contribution in [0.1, 0.15) is 19.3 Å². The van der Waals surface area contributed by atoms with Crippen LogP contribution in [0.4, 0.5) is 0 Å². The third kappa shape index (κ3) is 4.72. The van der Waals surface area contributed by atoms with Crippen LogP contribution in [0.2, 0.25) is 0 Å². The second-order valence-corrected chi connectivity index (χ2v) is 11.8. The molecule has 178 valence electrons. The molecule has 0 unspecified atom stereocenters. The molecule has 9 heteroatoms. The summed E-state index contributed by atoms with van der Waals surface area (Å²) in [6.07, 6.45) is 4.24. The Labute approximate surface area is 204 Å². The highest BCUT2D eigenvalue weighted by Crippen LogP contribution is 2.36. The van der Waals surface area contributed by atoms with Crippen molar-refractivity contribution in [2.75, 3.05) is 24.4 Å². The van der Waals surface area contributed by atoms with E-state index in [0.717, 1.165) is 29.8 Å². The van der Waals surface area contributed by atoms with Gasteiger partial charge in [0, 0.05) is 17.6 Å². The van der Waals surface area contributed by atoms with Gasteiger partial charge in [0.15, 0.2) is 15.0 Å². The maximum Gasteiger partial charge on any atom is 0.233 e. The Morgan fingerprint density at radius 2 is 1.82 bits per heavy atom. The first-order chi connectivity index (χ1) is 16.5. The van der Waals surface area contributed by atoms with Crippen LogP contribution in [-0.2, 0) is 14.6 Å². The summed E-state index contributed by atoms with van der Waals surface area (Å²) in [7, 11) is -1.42. The van der Waals surface area contributed by atoms with Crippen LogP contribution in [-0.4, -0.2) is 65.2 Å². The molecule has 5 rings (SSSR count). The highest BCUT2D eigenvalue weighted by atomic mass is 32.2. The second-order valence-electron chi connectivity index (χ2n) is 8.68. The lowest BCUT2D eigenvalue weighted by atomic mass is 10.1. The van der Waals surface area contributed by atoms with Gasteiger partial charge in [0.25, 0.3) is 0 Å². The summed E-state index contributed by atoms with van der Waals surface area (Å²) in [6, 6.07) is 17.7. The monoisotopic (exact) mass is 497 g/mol. The van der Waals surface area contributed by atoms with Gasteiger partial charge in [-0.3, -0.25) is 9.36 Å². The van der Waals surface area contributed by atoms with Gasteiger partial charge in [-0.05, 0) is 31.4 Å². The van der Waals surface area contributed by atoms with Crippen LogP contribution in [0.25, 0.3) is 16.9 Å². The number of aromatic nitrogens is 2. The number of amides is 1. The number of ether oxygens (including phenoxy) is 1. The Hall–Kier alpha value is -2.78. The minimum Gasteiger partial charge on any atom is -0.495 e. The first-order valence-corrected chi connectivity index (χ1v) is 14.2. The summed E-state index contributed by atoms with van der Waals surface area (Å²) in [5.41, 5.74) is 2.76. The van der Waals surface area contributed by atoms with Gasteiger partial charge < -0.3 is 9.64 Å². The number of methoxy groups -OCH3 is 1. The third-order valence-corrected chi connectivity index (χ3v) is 8.97. The number of carbonyl (C=O) groups excluding carboxylic acids is 1. The summed E-state index contributed by atoms with van der Waals surface area (Å²) in [5, 5.41) is 0.687. The average molecular weight is 498 g/mol. The van der Waals surface area contributed by atoms with E-state index in [1.165, 1.54) is 11.8 Å². The smallest absolute Gasteiger partial charge is 0.233 e. The maximum absolute atomic E-state index is 13.3. The third-order valence-electron chi connectivity index (χ3n) is 6.28. The van der Waals surface area contributed by atoms with Crippen LogP contribution in [0.5, 0.6) is 5.75 Å². The minimum absolute atomic E-state index is 0.0227. The molecular weight excluding hydrogens is 470 g/mol. The van der Waals surface area contributed by atoms with Crippen molar-refractivity contribution in [2.45, 2.75) is 36.5 Å². The number of nitrogens with zero attached hydrogens (tertiary/aromatic N) is 3. The van der Waals surface area contributed by atoms with Gasteiger partial charge in [-0.15, -0.1) is 0 Å². The van der Waals surface area contributed by atoms with Crippen molar-refractivity contribution in [1.82, 2.24) is 14.5 Å². The van der Waals surface area contributed by atoms with Crippen LogP contribution in [0, 0.1) is 0 Å². The Bertz CT molecular complexity index is 1290. The van der Waals surface area contributed by atoms with E-state index in [0.29, 0.717) is 17.3 Å². The summed E-state index contributed by atoms with van der Waals surface area (Å²) in [6.45, 7) is 0. The number of sulfone groups is 1. The van der Waals surface area contributed by atoms with Gasteiger partial charge >= 0.3 is 0 Å². The van der Waals surface area contributed by atoms with Crippen LogP contribution in [0.15, 0.2) is 66.0 Å². The fraction of sp³-hybridized carbons (Fsp3) is 0.360. The van der Waals surface area contributed by atoms with E-state index in [1.807, 2.05) is 70.3 Å². The van der Waals surface area contributed by atoms with E-state index >= 15 is 0 Å². The lowest BCUT2D eigenvalue weighted by molar-refractivity contribution is -0.130. The molecule has 2 fully saturated rings. The molecule has 1 saturated carbocycles. The highest BCUT2D eigenvalue weighted by molar-refractivity contribution is 7.99. The molecule has 1 atom stereocenters. The Morgan fingerprint density at radius 3 is 2.50 bits per heavy atom. The predicted octanol–water partition coefficient (Wildman–Crippen LogP) is 3.82. The van der Waals surface area contributed by atoms with E-state index in [1.54, 1.807) is 7.11 Å². The Balaban J connectivity index is 1.44. The number of imidazole rings is 1. The zero-order chi connectivity index (χ0) is 23.7. The number of hydrogen-bond donors (Lipinski definition) is 0. The van der Waals surface area contributed by atoms with Crippen molar-refractivity contribution in [1.29, 1.82) is 0 Å². The predicted molar refractivity (Wildman–Crippen MR) is 133 cm³/mol. The first kappa shape index (κ1) is 23.0. The fourth-order valence-electron chi connectivity index (χ4n) is 4.55. The summed E-state index contributed by atoms with van der Waals surface area (Å²) in [5.74, 6) is 1.13. The zero-order valence-corrected chi connectivity index (χ0v) is 20.6. The molecule has 1 saturated heterocycles. The van der Waals surface area contributed by atoms with Gasteiger partial charge in [0.05, 0.1) is 41.9 Å². The molecule has 0 radical (unpaired) electrons. The SMILES string of the molecule is COc1ccccc1-n1c(-c2ccccc2)cnc1SCC(=O)N(C1CC1)[C@@H]1CCS(=O)(=O)C1. The number of hydrogen-bond acceptors (Lipinski definition) is 6. The van der Waals surface area contributed by atoms with E-state index in [-0.39, 0.29) is 35.2 Å². The normalized spacial score (nSPS) is 19.1. The molecule has 34 heavy (non-hydrogen) atoms. The van der Waals surface area contributed by atoms with Crippen molar-refractivity contribution in [2.24, 2.45) is 0 Å². The van der Waals surface area contributed by atoms with E-state index in [2.05, 4.69) is 4.98 Å². The maximum atomic E-state index is 13.3. The van der Waals surface area contributed by atoms with Crippen LogP contribution in [0.3, 0.4) is 0 Å². The van der Waals surface area contributed by atoms with Crippen LogP contribution < -0.4 is 4.74 Å². The number of para-hydroxylation sites is 2. The molecule has 1 aliphatic carbocycles. The molecule has 1 aliphatic heterocycles. The van der Waals surface area contributed by atoms with Gasteiger partial charge in [-0.2, -0.15) is 0 Å². The molecule has 2 heterocycles. The van der Waals surface area contributed by atoms with Gasteiger partial charge in [0.2, 0.25) is 5.91 Å². The zero-order valence-electron chi connectivity index (χ0n) is 19.0. The second kappa shape index (κ2) is 9.46.